The van der Waals surface area contributed by atoms with E-state index in [9.17, 15) is 13.2 Å². The van der Waals surface area contributed by atoms with E-state index in [0.29, 0.717) is 35.1 Å². The van der Waals surface area contributed by atoms with Crippen molar-refractivity contribution in [2.45, 2.75) is 19.2 Å². The minimum Gasteiger partial charge on any atom is -0.493 e. The van der Waals surface area contributed by atoms with E-state index < -0.39 is 11.7 Å². The number of hydrogen-bond donors (Lipinski definition) is 1. The Labute approximate surface area is 194 Å². The fraction of sp³-hybridized carbons (Fsp3) is 0.167. The number of benzene rings is 2. The monoisotopic (exact) mass is 475 g/mol. The maximum atomic E-state index is 12.6. The highest BCUT2D eigenvalue weighted by Crippen LogP contribution is 2.34. The summed E-state index contributed by atoms with van der Waals surface area (Å²) in [5.74, 6) is 1.28. The molecule has 0 unspecified atom stereocenters. The molecule has 1 heterocycles. The Morgan fingerprint density at radius 3 is 2.52 bits per heavy atom. The number of nitrogens with zero attached hydrogens (tertiary/aromatic N) is 2. The van der Waals surface area contributed by atoms with Crippen LogP contribution in [0.1, 0.15) is 22.3 Å². The Morgan fingerprint density at radius 1 is 1.15 bits per heavy atom. The summed E-state index contributed by atoms with van der Waals surface area (Å²) < 4.78 is 49.5. The number of halogens is 4. The van der Waals surface area contributed by atoms with Crippen molar-refractivity contribution in [1.82, 2.24) is 4.98 Å². The average Bonchev–Trinajstić information content (AvgIpc) is 2.79. The molecular formula is C24H21ClF3N3O2. The lowest BCUT2D eigenvalue weighted by atomic mass is 10.1. The summed E-state index contributed by atoms with van der Waals surface area (Å²) in [6.07, 6.45) is 0.0920. The van der Waals surface area contributed by atoms with Crippen LogP contribution in [-0.4, -0.2) is 18.3 Å². The van der Waals surface area contributed by atoms with E-state index in [2.05, 4.69) is 22.1 Å². The van der Waals surface area contributed by atoms with Crippen LogP contribution in [0.2, 0.25) is 5.02 Å². The standard InChI is InChI=1S/C24H21ClF3N3O2/c1-3-4-18-11-17(13-30-31-22-10-7-19(14-29-22)24(26,27)28)12-21(32-2)23(18)33-15-16-5-8-20(25)9-6-16/h3,5-14H,1,4,15H2,2H3,(H,29,31)/b30-13-. The Morgan fingerprint density at radius 2 is 1.91 bits per heavy atom. The van der Waals surface area contributed by atoms with Gasteiger partial charge >= 0.3 is 6.18 Å². The van der Waals surface area contributed by atoms with Crippen LogP contribution < -0.4 is 14.9 Å². The maximum absolute atomic E-state index is 12.6. The third kappa shape index (κ3) is 6.73. The molecule has 0 aliphatic heterocycles. The predicted octanol–water partition coefficient (Wildman–Crippen LogP) is 6.52. The highest BCUT2D eigenvalue weighted by molar-refractivity contribution is 6.30. The molecule has 172 valence electrons. The number of allylic oxidation sites excluding steroid dienone is 1. The van der Waals surface area contributed by atoms with Gasteiger partial charge in [0.2, 0.25) is 0 Å². The van der Waals surface area contributed by atoms with Crippen LogP contribution in [0.5, 0.6) is 11.5 Å². The number of anilines is 1. The number of hydrazone groups is 1. The third-order valence-corrected chi connectivity index (χ3v) is 4.77. The zero-order chi connectivity index (χ0) is 23.8. The van der Waals surface area contributed by atoms with Gasteiger partial charge in [-0.2, -0.15) is 18.3 Å². The van der Waals surface area contributed by atoms with Gasteiger partial charge in [0, 0.05) is 16.8 Å². The minimum atomic E-state index is -4.44. The summed E-state index contributed by atoms with van der Waals surface area (Å²) in [7, 11) is 1.54. The molecule has 2 aromatic carbocycles. The van der Waals surface area contributed by atoms with Gasteiger partial charge in [0.25, 0.3) is 0 Å². The molecule has 0 fully saturated rings. The van der Waals surface area contributed by atoms with E-state index in [1.54, 1.807) is 24.3 Å². The van der Waals surface area contributed by atoms with E-state index >= 15 is 0 Å². The molecule has 9 heteroatoms. The molecule has 0 bridgehead atoms. The highest BCUT2D eigenvalue weighted by atomic mass is 35.5. The van der Waals surface area contributed by atoms with Crippen LogP contribution in [0, 0.1) is 0 Å². The molecular weight excluding hydrogens is 455 g/mol. The van der Waals surface area contributed by atoms with Gasteiger partial charge in [-0.05, 0) is 53.9 Å². The van der Waals surface area contributed by atoms with Gasteiger partial charge < -0.3 is 9.47 Å². The number of nitrogens with one attached hydrogen (secondary N) is 1. The molecule has 0 saturated heterocycles. The topological polar surface area (TPSA) is 55.7 Å². The van der Waals surface area contributed by atoms with Crippen molar-refractivity contribution >= 4 is 23.6 Å². The summed E-state index contributed by atoms with van der Waals surface area (Å²) >= 11 is 5.93. The second-order valence-electron chi connectivity index (χ2n) is 6.92. The average molecular weight is 476 g/mol. The fourth-order valence-corrected chi connectivity index (χ4v) is 3.04. The first-order chi connectivity index (χ1) is 15.8. The summed E-state index contributed by atoms with van der Waals surface area (Å²) in [4.78, 5) is 3.72. The molecule has 0 aliphatic rings. The third-order valence-electron chi connectivity index (χ3n) is 4.52. The second kappa shape index (κ2) is 10.9. The maximum Gasteiger partial charge on any atom is 0.417 e. The molecule has 0 saturated carbocycles. The molecule has 0 atom stereocenters. The number of rotatable bonds is 9. The molecule has 0 spiro atoms. The smallest absolute Gasteiger partial charge is 0.417 e. The fourth-order valence-electron chi connectivity index (χ4n) is 2.92. The lowest BCUT2D eigenvalue weighted by molar-refractivity contribution is -0.137. The highest BCUT2D eigenvalue weighted by Gasteiger charge is 2.30. The van der Waals surface area contributed by atoms with Crippen LogP contribution in [0.15, 0.2) is 72.5 Å². The lowest BCUT2D eigenvalue weighted by Gasteiger charge is -2.16. The zero-order valence-electron chi connectivity index (χ0n) is 17.7. The number of aromatic nitrogens is 1. The van der Waals surface area contributed by atoms with Gasteiger partial charge in [0.05, 0.1) is 18.9 Å². The normalized spacial score (nSPS) is 11.4. The number of pyridine rings is 1. The SMILES string of the molecule is C=CCc1cc(/C=N\Nc2ccc(C(F)(F)F)cn2)cc(OC)c1OCc1ccc(Cl)cc1. The summed E-state index contributed by atoms with van der Waals surface area (Å²) in [5.41, 5.74) is 4.27. The molecule has 3 rings (SSSR count). The largest absolute Gasteiger partial charge is 0.493 e. The first-order valence-electron chi connectivity index (χ1n) is 9.81. The van der Waals surface area contributed by atoms with Crippen LogP contribution in [0.25, 0.3) is 0 Å². The van der Waals surface area contributed by atoms with Crippen molar-refractivity contribution in [2.75, 3.05) is 12.5 Å². The molecule has 33 heavy (non-hydrogen) atoms. The lowest BCUT2D eigenvalue weighted by Crippen LogP contribution is -2.05. The first kappa shape index (κ1) is 24.1. The minimum absolute atomic E-state index is 0.181. The van der Waals surface area contributed by atoms with Crippen LogP contribution >= 0.6 is 11.6 Å². The van der Waals surface area contributed by atoms with E-state index in [1.807, 2.05) is 18.2 Å². The van der Waals surface area contributed by atoms with Crippen LogP contribution in [-0.2, 0) is 19.2 Å². The molecule has 1 aromatic heterocycles. The van der Waals surface area contributed by atoms with Crippen molar-refractivity contribution in [3.8, 4) is 11.5 Å². The van der Waals surface area contributed by atoms with E-state index in [0.717, 1.165) is 23.4 Å². The van der Waals surface area contributed by atoms with Crippen molar-refractivity contribution in [3.05, 3.63) is 94.7 Å². The second-order valence-corrected chi connectivity index (χ2v) is 7.36. The number of methoxy groups -OCH3 is 1. The Hall–Kier alpha value is -3.52. The molecule has 5 nitrogen and oxygen atoms in total. The quantitative estimate of drug-likeness (QED) is 0.217. The number of hydrogen-bond acceptors (Lipinski definition) is 5. The Kier molecular flexibility index (Phi) is 7.95. The van der Waals surface area contributed by atoms with Crippen molar-refractivity contribution < 1.29 is 22.6 Å². The summed E-state index contributed by atoms with van der Waals surface area (Å²) in [6, 6.07) is 13.1. The van der Waals surface area contributed by atoms with Crippen molar-refractivity contribution in [2.24, 2.45) is 5.10 Å². The van der Waals surface area contributed by atoms with Gasteiger partial charge in [-0.15, -0.1) is 6.58 Å². The molecule has 0 aliphatic carbocycles. The Balaban J connectivity index is 1.76. The van der Waals surface area contributed by atoms with Crippen LogP contribution in [0.3, 0.4) is 0 Å². The number of ether oxygens (including phenoxy) is 2. The first-order valence-corrected chi connectivity index (χ1v) is 10.2. The van der Waals surface area contributed by atoms with Crippen molar-refractivity contribution in [3.63, 3.8) is 0 Å². The van der Waals surface area contributed by atoms with Gasteiger partial charge in [0.1, 0.15) is 12.4 Å². The van der Waals surface area contributed by atoms with Gasteiger partial charge in [0.15, 0.2) is 11.5 Å². The molecule has 0 radical (unpaired) electrons. The van der Waals surface area contributed by atoms with Gasteiger partial charge in [-0.25, -0.2) is 4.98 Å². The van der Waals surface area contributed by atoms with E-state index in [-0.39, 0.29) is 5.82 Å². The van der Waals surface area contributed by atoms with Gasteiger partial charge in [-0.3, -0.25) is 5.43 Å². The summed E-state index contributed by atoms with van der Waals surface area (Å²) in [6.45, 7) is 4.12. The number of alkyl halides is 3. The zero-order valence-corrected chi connectivity index (χ0v) is 18.5. The molecule has 3 aromatic rings. The summed E-state index contributed by atoms with van der Waals surface area (Å²) in [5, 5.41) is 4.70. The molecule has 0 amide bonds. The van der Waals surface area contributed by atoms with E-state index in [4.69, 9.17) is 21.1 Å². The predicted molar refractivity (Wildman–Crippen MR) is 123 cm³/mol. The van der Waals surface area contributed by atoms with Crippen molar-refractivity contribution in [1.29, 1.82) is 0 Å². The van der Waals surface area contributed by atoms with Crippen LogP contribution in [0.4, 0.5) is 19.0 Å². The van der Waals surface area contributed by atoms with E-state index in [1.165, 1.54) is 19.4 Å². The Bertz CT molecular complexity index is 1120. The molecule has 1 N–H and O–H groups in total. The van der Waals surface area contributed by atoms with Gasteiger partial charge in [-0.1, -0.05) is 29.8 Å².